The number of allylic oxidation sites excluding steroid dienone is 1. The van der Waals surface area contributed by atoms with Crippen molar-refractivity contribution in [3.05, 3.63) is 24.3 Å². The van der Waals surface area contributed by atoms with Crippen molar-refractivity contribution >= 4 is 17.8 Å². The number of amides is 2. The van der Waals surface area contributed by atoms with Crippen molar-refractivity contribution in [2.75, 3.05) is 32.8 Å². The molecule has 1 unspecified atom stereocenters. The van der Waals surface area contributed by atoms with Gasteiger partial charge in [-0.05, 0) is 39.0 Å². The largest absolute Gasteiger partial charge is 0.465 e. The van der Waals surface area contributed by atoms with Crippen LogP contribution in [0, 0.1) is 11.8 Å². The molecule has 0 radical (unpaired) electrons. The van der Waals surface area contributed by atoms with Crippen LogP contribution >= 0.6 is 0 Å². The Morgan fingerprint density at radius 3 is 2.64 bits per heavy atom. The van der Waals surface area contributed by atoms with E-state index in [1.807, 2.05) is 31.2 Å². The van der Waals surface area contributed by atoms with Crippen LogP contribution in [-0.2, 0) is 23.9 Å². The van der Waals surface area contributed by atoms with Crippen molar-refractivity contribution in [1.29, 1.82) is 0 Å². The molecule has 8 heteroatoms. The number of carbonyl (C=O) groups excluding carboxylic acids is 3. The van der Waals surface area contributed by atoms with E-state index in [1.54, 1.807) is 4.90 Å². The van der Waals surface area contributed by atoms with Crippen LogP contribution in [0.15, 0.2) is 24.3 Å². The Balaban J connectivity index is 1.81. The zero-order valence-corrected chi connectivity index (χ0v) is 19.7. The Kier molecular flexibility index (Phi) is 6.96. The third kappa shape index (κ3) is 4.01. The molecule has 0 aromatic heterocycles. The van der Waals surface area contributed by atoms with E-state index < -0.39 is 35.0 Å². The molecule has 1 spiro atoms. The smallest absolute Gasteiger partial charge is 0.313 e. The first-order valence-corrected chi connectivity index (χ1v) is 12.3. The van der Waals surface area contributed by atoms with Crippen molar-refractivity contribution in [2.45, 2.75) is 69.6 Å². The summed E-state index contributed by atoms with van der Waals surface area (Å²) in [7, 11) is 0. The molecule has 1 N–H and O–H groups in total. The summed E-state index contributed by atoms with van der Waals surface area (Å²) < 4.78 is 12.3. The third-order valence-electron chi connectivity index (χ3n) is 7.42. The summed E-state index contributed by atoms with van der Waals surface area (Å²) in [5.74, 6) is -2.59. The first kappa shape index (κ1) is 24.0. The number of carbonyl (C=O) groups is 3. The van der Waals surface area contributed by atoms with E-state index in [1.165, 1.54) is 4.90 Å². The lowest BCUT2D eigenvalue weighted by Gasteiger charge is -2.37. The maximum Gasteiger partial charge on any atom is 0.313 e. The highest BCUT2D eigenvalue weighted by Gasteiger charge is 2.74. The third-order valence-corrected chi connectivity index (χ3v) is 7.42. The molecule has 4 aliphatic heterocycles. The van der Waals surface area contributed by atoms with Crippen LogP contribution in [-0.4, -0.2) is 82.8 Å². The molecule has 4 heterocycles. The number of ether oxygens (including phenoxy) is 2. The number of hydrogen-bond acceptors (Lipinski definition) is 6. The number of aliphatic hydroxyl groups is 1. The molecule has 2 fully saturated rings. The van der Waals surface area contributed by atoms with Crippen LogP contribution in [0.1, 0.15) is 52.4 Å². The Labute approximate surface area is 195 Å². The van der Waals surface area contributed by atoms with Gasteiger partial charge in [0.25, 0.3) is 0 Å². The molecule has 2 saturated heterocycles. The quantitative estimate of drug-likeness (QED) is 0.480. The fourth-order valence-corrected chi connectivity index (χ4v) is 5.88. The summed E-state index contributed by atoms with van der Waals surface area (Å²) >= 11 is 0. The predicted molar refractivity (Wildman–Crippen MR) is 121 cm³/mol. The molecule has 4 aliphatic rings. The minimum absolute atomic E-state index is 0.0927. The van der Waals surface area contributed by atoms with Crippen molar-refractivity contribution in [2.24, 2.45) is 11.8 Å². The highest BCUT2D eigenvalue weighted by molar-refractivity contribution is 5.99. The second-order valence-corrected chi connectivity index (χ2v) is 9.71. The van der Waals surface area contributed by atoms with E-state index in [4.69, 9.17) is 9.47 Å². The Bertz CT molecular complexity index is 841. The topological polar surface area (TPSA) is 96.4 Å². The SMILES string of the molecule is CCCCN1CC=C[C@]23O[C@@]4(C)/C=C\CCCCOC(=O)[C@H]4[C@H]2C(=O)N(CCCO)C3C1=O. The van der Waals surface area contributed by atoms with Gasteiger partial charge in [0.05, 0.1) is 18.1 Å². The average Bonchev–Trinajstić information content (AvgIpc) is 3.11. The summed E-state index contributed by atoms with van der Waals surface area (Å²) in [4.78, 5) is 44.3. The molecule has 0 aromatic rings. The average molecular weight is 461 g/mol. The van der Waals surface area contributed by atoms with Crippen LogP contribution in [0.5, 0.6) is 0 Å². The van der Waals surface area contributed by atoms with Gasteiger partial charge in [0, 0.05) is 26.2 Å². The number of rotatable bonds is 6. The van der Waals surface area contributed by atoms with E-state index in [0.717, 1.165) is 32.1 Å². The zero-order valence-electron chi connectivity index (χ0n) is 19.7. The number of likely N-dealkylation sites (tertiary alicyclic amines) is 1. The van der Waals surface area contributed by atoms with Crippen molar-refractivity contribution in [1.82, 2.24) is 9.80 Å². The lowest BCUT2D eigenvalue weighted by Crippen LogP contribution is -2.56. The molecular formula is C25H36N2O6. The fraction of sp³-hybridized carbons (Fsp3) is 0.720. The highest BCUT2D eigenvalue weighted by atomic mass is 16.6. The first-order chi connectivity index (χ1) is 15.9. The molecule has 0 aromatic carbocycles. The predicted octanol–water partition coefficient (Wildman–Crippen LogP) is 1.82. The lowest BCUT2D eigenvalue weighted by atomic mass is 9.74. The molecule has 0 saturated carbocycles. The standard InChI is InChI=1S/C25H36N2O6/c1-3-4-13-26-14-9-12-25-18(21(29)27(15-10-16-28)20(25)22(26)30)19-23(31)32-17-8-6-5-7-11-24(19,2)33-25/h7,9,11-12,18-20,28H,3-6,8,10,13-17H2,1-2H3/b11-7-/t18-,19+,20?,24-,25-/m0/s1. The lowest BCUT2D eigenvalue weighted by molar-refractivity contribution is -0.160. The molecule has 182 valence electrons. The Morgan fingerprint density at radius 2 is 1.88 bits per heavy atom. The number of nitrogens with zero attached hydrogens (tertiary/aromatic N) is 2. The van der Waals surface area contributed by atoms with Gasteiger partial charge in [-0.15, -0.1) is 0 Å². The molecule has 33 heavy (non-hydrogen) atoms. The van der Waals surface area contributed by atoms with Gasteiger partial charge in [-0.25, -0.2) is 0 Å². The second-order valence-electron chi connectivity index (χ2n) is 9.71. The van der Waals surface area contributed by atoms with E-state index in [-0.39, 0.29) is 25.0 Å². The van der Waals surface area contributed by atoms with Crippen LogP contribution in [0.25, 0.3) is 0 Å². The summed E-state index contributed by atoms with van der Waals surface area (Å²) in [6.45, 7) is 5.39. The molecule has 4 rings (SSSR count). The minimum Gasteiger partial charge on any atom is -0.465 e. The van der Waals surface area contributed by atoms with Gasteiger partial charge in [0.1, 0.15) is 17.6 Å². The van der Waals surface area contributed by atoms with E-state index in [0.29, 0.717) is 26.1 Å². The number of fused-ring (bicyclic) bond motifs is 2. The molecule has 0 bridgehead atoms. The van der Waals surface area contributed by atoms with Gasteiger partial charge in [0.2, 0.25) is 11.8 Å². The number of hydrogen-bond donors (Lipinski definition) is 1. The Hall–Kier alpha value is -2.19. The van der Waals surface area contributed by atoms with Gasteiger partial charge in [-0.2, -0.15) is 0 Å². The van der Waals surface area contributed by atoms with Crippen molar-refractivity contribution in [3.8, 4) is 0 Å². The molecule has 2 amide bonds. The monoisotopic (exact) mass is 460 g/mol. The van der Waals surface area contributed by atoms with Crippen molar-refractivity contribution in [3.63, 3.8) is 0 Å². The Morgan fingerprint density at radius 1 is 1.06 bits per heavy atom. The molecule has 5 atom stereocenters. The van der Waals surface area contributed by atoms with Gasteiger partial charge in [-0.1, -0.05) is 37.6 Å². The summed E-state index contributed by atoms with van der Waals surface area (Å²) in [6, 6.07) is -0.868. The van der Waals surface area contributed by atoms with Crippen molar-refractivity contribution < 1.29 is 29.0 Å². The summed E-state index contributed by atoms with van der Waals surface area (Å²) in [5, 5.41) is 9.43. The van der Waals surface area contributed by atoms with E-state index in [9.17, 15) is 19.5 Å². The van der Waals surface area contributed by atoms with Gasteiger partial charge in [-0.3, -0.25) is 14.4 Å². The van der Waals surface area contributed by atoms with Crippen LogP contribution in [0.4, 0.5) is 0 Å². The van der Waals surface area contributed by atoms with Gasteiger partial charge >= 0.3 is 5.97 Å². The summed E-state index contributed by atoms with van der Waals surface area (Å²) in [6.07, 6.45) is 12.3. The fourth-order valence-electron chi connectivity index (χ4n) is 5.88. The second kappa shape index (κ2) is 9.58. The van der Waals surface area contributed by atoms with E-state index >= 15 is 0 Å². The number of aliphatic hydroxyl groups excluding tert-OH is 1. The number of cyclic esters (lactones) is 1. The minimum atomic E-state index is -1.25. The number of unbranched alkanes of at least 4 members (excludes halogenated alkanes) is 1. The molecule has 8 nitrogen and oxygen atoms in total. The van der Waals surface area contributed by atoms with E-state index in [2.05, 4.69) is 6.92 Å². The van der Waals surface area contributed by atoms with Crippen LogP contribution < -0.4 is 0 Å². The summed E-state index contributed by atoms with van der Waals surface area (Å²) in [5.41, 5.74) is -2.30. The van der Waals surface area contributed by atoms with Gasteiger partial charge in [0.15, 0.2) is 0 Å². The highest BCUT2D eigenvalue weighted by Crippen LogP contribution is 2.57. The van der Waals surface area contributed by atoms with Crippen LogP contribution in [0.2, 0.25) is 0 Å². The first-order valence-electron chi connectivity index (χ1n) is 12.3. The normalized spacial score (nSPS) is 37.3. The van der Waals surface area contributed by atoms with Crippen LogP contribution in [0.3, 0.4) is 0 Å². The zero-order chi connectivity index (χ0) is 23.6. The number of esters is 1. The van der Waals surface area contributed by atoms with Gasteiger partial charge < -0.3 is 24.4 Å². The molecular weight excluding hydrogens is 424 g/mol. The molecule has 0 aliphatic carbocycles. The maximum atomic E-state index is 13.9. The maximum absolute atomic E-state index is 13.9.